The van der Waals surface area contributed by atoms with Gasteiger partial charge in [-0.15, -0.1) is 0 Å². The Balaban J connectivity index is 2.46. The molecule has 0 radical (unpaired) electrons. The highest BCUT2D eigenvalue weighted by Gasteiger charge is 2.38. The first-order chi connectivity index (χ1) is 8.67. The fourth-order valence-electron chi connectivity index (χ4n) is 2.33. The van der Waals surface area contributed by atoms with E-state index in [2.05, 4.69) is 0 Å². The van der Waals surface area contributed by atoms with Crippen LogP contribution in [0, 0.1) is 5.41 Å². The van der Waals surface area contributed by atoms with Crippen molar-refractivity contribution in [2.24, 2.45) is 11.1 Å². The monoisotopic (exact) mass is 258 g/mol. The summed E-state index contributed by atoms with van der Waals surface area (Å²) in [7, 11) is 3.29. The molecule has 0 unspecified atom stereocenters. The van der Waals surface area contributed by atoms with Crippen LogP contribution < -0.4 is 5.73 Å². The number of carbonyl (C=O) groups excluding carboxylic acids is 1. The first kappa shape index (κ1) is 15.4. The molecule has 0 saturated heterocycles. The molecule has 2 N–H and O–H groups in total. The van der Waals surface area contributed by atoms with E-state index in [0.29, 0.717) is 39.3 Å². The zero-order valence-electron chi connectivity index (χ0n) is 11.6. The van der Waals surface area contributed by atoms with E-state index in [-0.39, 0.29) is 11.3 Å². The lowest BCUT2D eigenvalue weighted by Crippen LogP contribution is -2.44. The Morgan fingerprint density at radius 3 is 2.11 bits per heavy atom. The maximum Gasteiger partial charge on any atom is 0.223 e. The van der Waals surface area contributed by atoms with E-state index >= 15 is 0 Å². The predicted molar refractivity (Wildman–Crippen MR) is 70.3 cm³/mol. The highest BCUT2D eigenvalue weighted by atomic mass is 16.5. The number of carbonyl (C=O) groups is 1. The summed E-state index contributed by atoms with van der Waals surface area (Å²) in [6.45, 7) is 2.98. The summed E-state index contributed by atoms with van der Waals surface area (Å²) in [5.41, 5.74) is 5.86. The number of methoxy groups -OCH3 is 2. The van der Waals surface area contributed by atoms with Crippen LogP contribution in [0.2, 0.25) is 0 Å². The van der Waals surface area contributed by atoms with Crippen molar-refractivity contribution in [2.45, 2.75) is 25.7 Å². The fourth-order valence-corrected chi connectivity index (χ4v) is 2.33. The van der Waals surface area contributed by atoms with Gasteiger partial charge in [0.15, 0.2) is 0 Å². The van der Waals surface area contributed by atoms with Gasteiger partial charge in [-0.3, -0.25) is 4.79 Å². The average molecular weight is 258 g/mol. The second-order valence-electron chi connectivity index (χ2n) is 5.10. The summed E-state index contributed by atoms with van der Waals surface area (Å²) in [5, 5.41) is 0. The van der Waals surface area contributed by atoms with Gasteiger partial charge < -0.3 is 20.1 Å². The molecule has 1 aliphatic carbocycles. The van der Waals surface area contributed by atoms with Crippen LogP contribution in [0.1, 0.15) is 25.7 Å². The normalized spacial score (nSPS) is 17.3. The van der Waals surface area contributed by atoms with Crippen molar-refractivity contribution in [3.05, 3.63) is 0 Å². The highest BCUT2D eigenvalue weighted by molar-refractivity contribution is 5.77. The molecule has 1 saturated carbocycles. The first-order valence-electron chi connectivity index (χ1n) is 6.63. The second kappa shape index (κ2) is 7.71. The van der Waals surface area contributed by atoms with E-state index in [0.717, 1.165) is 12.8 Å². The molecule has 0 aromatic heterocycles. The summed E-state index contributed by atoms with van der Waals surface area (Å²) in [5.74, 6) is 0.175. The van der Waals surface area contributed by atoms with Gasteiger partial charge in [0.1, 0.15) is 0 Å². The van der Waals surface area contributed by atoms with Crippen LogP contribution in [0.15, 0.2) is 0 Å². The Kier molecular flexibility index (Phi) is 6.60. The lowest BCUT2D eigenvalue weighted by molar-refractivity contribution is -0.136. The molecule has 0 atom stereocenters. The Bertz CT molecular complexity index is 241. The van der Waals surface area contributed by atoms with Crippen LogP contribution in [0.25, 0.3) is 0 Å². The number of nitrogens with zero attached hydrogens (tertiary/aromatic N) is 1. The Labute approximate surface area is 110 Å². The molecule has 1 aliphatic rings. The minimum absolute atomic E-state index is 0.0650. The minimum Gasteiger partial charge on any atom is -0.383 e. The molecule has 5 nitrogen and oxygen atoms in total. The van der Waals surface area contributed by atoms with Gasteiger partial charge in [0.25, 0.3) is 0 Å². The zero-order chi connectivity index (χ0) is 13.4. The predicted octanol–water partition coefficient (Wildman–Crippen LogP) is 0.627. The Morgan fingerprint density at radius 2 is 1.78 bits per heavy atom. The van der Waals surface area contributed by atoms with Crippen LogP contribution in [-0.4, -0.2) is 57.9 Å². The molecule has 0 bridgehead atoms. The molecule has 0 spiro atoms. The van der Waals surface area contributed by atoms with Gasteiger partial charge in [0.05, 0.1) is 13.2 Å². The van der Waals surface area contributed by atoms with E-state index < -0.39 is 0 Å². The van der Waals surface area contributed by atoms with Crippen molar-refractivity contribution < 1.29 is 14.3 Å². The lowest BCUT2D eigenvalue weighted by Gasteiger charge is -2.41. The molecule has 1 amide bonds. The van der Waals surface area contributed by atoms with Crippen molar-refractivity contribution in [1.82, 2.24) is 4.90 Å². The molecule has 106 valence electrons. The van der Waals surface area contributed by atoms with E-state index in [9.17, 15) is 4.79 Å². The minimum atomic E-state index is 0.0650. The zero-order valence-corrected chi connectivity index (χ0v) is 11.6. The van der Waals surface area contributed by atoms with E-state index in [4.69, 9.17) is 15.2 Å². The van der Waals surface area contributed by atoms with Gasteiger partial charge in [0.2, 0.25) is 5.91 Å². The molecular weight excluding hydrogens is 232 g/mol. The van der Waals surface area contributed by atoms with E-state index in [1.54, 1.807) is 14.2 Å². The van der Waals surface area contributed by atoms with Crippen molar-refractivity contribution in [3.63, 3.8) is 0 Å². The number of nitrogens with two attached hydrogens (primary N) is 1. The first-order valence-corrected chi connectivity index (χ1v) is 6.63. The molecule has 1 rings (SSSR count). The molecule has 5 heteroatoms. The number of amides is 1. The quantitative estimate of drug-likeness (QED) is 0.659. The number of rotatable bonds is 9. The summed E-state index contributed by atoms with van der Waals surface area (Å²) in [6.07, 6.45) is 3.92. The second-order valence-corrected chi connectivity index (χ2v) is 5.10. The maximum atomic E-state index is 12.3. The van der Waals surface area contributed by atoms with E-state index in [1.165, 1.54) is 6.42 Å². The third-order valence-corrected chi connectivity index (χ3v) is 3.86. The smallest absolute Gasteiger partial charge is 0.223 e. The standard InChI is InChI=1S/C13H26N2O3/c1-17-8-6-15(7-9-18-2)12(16)10-13(11-14)4-3-5-13/h3-11,14H2,1-2H3. The van der Waals surface area contributed by atoms with Crippen LogP contribution >= 0.6 is 0 Å². The summed E-state index contributed by atoms with van der Waals surface area (Å²) in [4.78, 5) is 14.1. The molecule has 1 fully saturated rings. The number of hydrogen-bond donors (Lipinski definition) is 1. The van der Waals surface area contributed by atoms with Crippen molar-refractivity contribution in [3.8, 4) is 0 Å². The fraction of sp³-hybridized carbons (Fsp3) is 0.923. The largest absolute Gasteiger partial charge is 0.383 e. The van der Waals surface area contributed by atoms with Crippen LogP contribution in [0.5, 0.6) is 0 Å². The summed E-state index contributed by atoms with van der Waals surface area (Å²) < 4.78 is 10.1. The third kappa shape index (κ3) is 4.23. The van der Waals surface area contributed by atoms with Crippen molar-refractivity contribution >= 4 is 5.91 Å². The SMILES string of the molecule is COCCN(CCOC)C(=O)CC1(CN)CCC1. The van der Waals surface area contributed by atoms with Crippen LogP contribution in [0.4, 0.5) is 0 Å². The molecule has 0 aliphatic heterocycles. The molecular formula is C13H26N2O3. The van der Waals surface area contributed by atoms with Gasteiger partial charge in [0, 0.05) is 33.7 Å². The topological polar surface area (TPSA) is 64.8 Å². The van der Waals surface area contributed by atoms with Crippen molar-refractivity contribution in [2.75, 3.05) is 47.1 Å². The maximum absolute atomic E-state index is 12.3. The summed E-state index contributed by atoms with van der Waals surface area (Å²) in [6, 6.07) is 0. The van der Waals surface area contributed by atoms with E-state index in [1.807, 2.05) is 4.90 Å². The molecule has 0 aromatic carbocycles. The van der Waals surface area contributed by atoms with Gasteiger partial charge in [-0.05, 0) is 24.8 Å². The molecule has 18 heavy (non-hydrogen) atoms. The average Bonchev–Trinajstić information content (AvgIpc) is 2.33. The highest BCUT2D eigenvalue weighted by Crippen LogP contribution is 2.43. The van der Waals surface area contributed by atoms with Gasteiger partial charge in [-0.1, -0.05) is 6.42 Å². The van der Waals surface area contributed by atoms with Crippen molar-refractivity contribution in [1.29, 1.82) is 0 Å². The number of hydrogen-bond acceptors (Lipinski definition) is 4. The third-order valence-electron chi connectivity index (χ3n) is 3.86. The molecule has 0 aromatic rings. The van der Waals surface area contributed by atoms with Gasteiger partial charge >= 0.3 is 0 Å². The number of ether oxygens (including phenoxy) is 2. The van der Waals surface area contributed by atoms with Crippen LogP contribution in [-0.2, 0) is 14.3 Å². The van der Waals surface area contributed by atoms with Gasteiger partial charge in [-0.25, -0.2) is 0 Å². The summed E-state index contributed by atoms with van der Waals surface area (Å²) >= 11 is 0. The molecule has 0 heterocycles. The lowest BCUT2D eigenvalue weighted by atomic mass is 9.66. The van der Waals surface area contributed by atoms with Crippen LogP contribution in [0.3, 0.4) is 0 Å². The van der Waals surface area contributed by atoms with Gasteiger partial charge in [-0.2, -0.15) is 0 Å². The Morgan fingerprint density at radius 1 is 1.22 bits per heavy atom. The Hall–Kier alpha value is -0.650.